The average Bonchev–Trinajstić information content (AvgIpc) is 3.01. The van der Waals surface area contributed by atoms with Crippen molar-refractivity contribution < 1.29 is 17.9 Å². The third-order valence-corrected chi connectivity index (χ3v) is 7.55. The maximum atomic E-state index is 12.7. The van der Waals surface area contributed by atoms with Gasteiger partial charge in [-0.3, -0.25) is 0 Å². The van der Waals surface area contributed by atoms with Crippen LogP contribution in [-0.4, -0.2) is 38.4 Å². The van der Waals surface area contributed by atoms with E-state index in [1.807, 2.05) is 48.5 Å². The first-order valence-electron chi connectivity index (χ1n) is 8.86. The number of benzene rings is 2. The van der Waals surface area contributed by atoms with Crippen molar-refractivity contribution in [3.63, 3.8) is 0 Å². The molecule has 142 valence electrons. The first-order chi connectivity index (χ1) is 13.1. The number of rotatable bonds is 4. The summed E-state index contributed by atoms with van der Waals surface area (Å²) in [5, 5.41) is 1.56. The fourth-order valence-corrected chi connectivity index (χ4v) is 5.74. The molecule has 2 aromatic rings. The minimum absolute atomic E-state index is 0.248. The van der Waals surface area contributed by atoms with Crippen LogP contribution in [-0.2, 0) is 10.0 Å². The topological polar surface area (TPSA) is 55.8 Å². The molecule has 1 fully saturated rings. The van der Waals surface area contributed by atoms with Gasteiger partial charge in [0.05, 0.1) is 0 Å². The van der Waals surface area contributed by atoms with Crippen LogP contribution in [0.5, 0.6) is 11.5 Å². The van der Waals surface area contributed by atoms with Crippen molar-refractivity contribution in [2.24, 2.45) is 0 Å². The van der Waals surface area contributed by atoms with Crippen LogP contribution < -0.4 is 9.47 Å². The molecule has 1 saturated heterocycles. The van der Waals surface area contributed by atoms with Crippen LogP contribution in [0.4, 0.5) is 0 Å². The molecule has 2 aliphatic rings. The predicted octanol–water partition coefficient (Wildman–Crippen LogP) is 3.90. The molecular formula is C20H21NO4S2. The van der Waals surface area contributed by atoms with Gasteiger partial charge < -0.3 is 9.47 Å². The number of ether oxygens (including phenoxy) is 2. The van der Waals surface area contributed by atoms with Crippen LogP contribution in [0.15, 0.2) is 53.9 Å². The molecule has 0 N–H and O–H groups in total. The molecule has 1 unspecified atom stereocenters. The SMILES string of the molecule is O=S(=O)(/C=C/c1ccccc1)N1CCSC(c2ccc3c(c2)OCO3)CC1. The van der Waals surface area contributed by atoms with Crippen molar-refractivity contribution in [2.45, 2.75) is 11.7 Å². The Morgan fingerprint density at radius 1 is 1.04 bits per heavy atom. The first-order valence-corrected chi connectivity index (χ1v) is 11.4. The fourth-order valence-electron chi connectivity index (χ4n) is 3.20. The van der Waals surface area contributed by atoms with Crippen molar-refractivity contribution in [3.05, 3.63) is 65.1 Å². The zero-order valence-corrected chi connectivity index (χ0v) is 16.4. The fraction of sp³-hybridized carbons (Fsp3) is 0.300. The zero-order chi connectivity index (χ0) is 18.7. The van der Waals surface area contributed by atoms with Gasteiger partial charge in [0.2, 0.25) is 16.8 Å². The summed E-state index contributed by atoms with van der Waals surface area (Å²) >= 11 is 1.79. The van der Waals surface area contributed by atoms with Gasteiger partial charge in [0.25, 0.3) is 0 Å². The van der Waals surface area contributed by atoms with Gasteiger partial charge >= 0.3 is 0 Å². The van der Waals surface area contributed by atoms with Gasteiger partial charge in [0.15, 0.2) is 11.5 Å². The molecule has 0 spiro atoms. The second-order valence-electron chi connectivity index (χ2n) is 6.42. The highest BCUT2D eigenvalue weighted by atomic mass is 32.2. The summed E-state index contributed by atoms with van der Waals surface area (Å²) in [5.41, 5.74) is 2.03. The third-order valence-electron chi connectivity index (χ3n) is 4.66. The molecule has 0 radical (unpaired) electrons. The van der Waals surface area contributed by atoms with E-state index in [2.05, 4.69) is 0 Å². The largest absolute Gasteiger partial charge is 0.454 e. The Labute approximate surface area is 164 Å². The Bertz CT molecular complexity index is 928. The predicted molar refractivity (Wildman–Crippen MR) is 108 cm³/mol. The Balaban J connectivity index is 1.44. The number of thioether (sulfide) groups is 1. The minimum Gasteiger partial charge on any atom is -0.454 e. The van der Waals surface area contributed by atoms with Crippen LogP contribution in [0.25, 0.3) is 6.08 Å². The van der Waals surface area contributed by atoms with Gasteiger partial charge in [-0.05, 0) is 35.8 Å². The van der Waals surface area contributed by atoms with Crippen LogP contribution in [0.3, 0.4) is 0 Å². The minimum atomic E-state index is -3.43. The number of fused-ring (bicyclic) bond motifs is 1. The molecule has 1 atom stereocenters. The second kappa shape index (κ2) is 7.96. The van der Waals surface area contributed by atoms with Crippen LogP contribution in [0.1, 0.15) is 22.8 Å². The lowest BCUT2D eigenvalue weighted by Crippen LogP contribution is -2.31. The standard InChI is InChI=1S/C20H21NO4S2/c22-27(23,13-9-16-4-2-1-3-5-16)21-10-8-20(26-12-11-21)17-6-7-18-19(14-17)25-15-24-18/h1-7,9,13-14,20H,8,10-12,15H2/b13-9+. The van der Waals surface area contributed by atoms with E-state index < -0.39 is 10.0 Å². The second-order valence-corrected chi connectivity index (χ2v) is 9.55. The molecule has 4 rings (SSSR count). The molecule has 27 heavy (non-hydrogen) atoms. The highest BCUT2D eigenvalue weighted by Gasteiger charge is 2.26. The first kappa shape index (κ1) is 18.4. The van der Waals surface area contributed by atoms with Crippen molar-refractivity contribution >= 4 is 27.9 Å². The number of hydrogen-bond acceptors (Lipinski definition) is 5. The molecule has 0 aliphatic carbocycles. The molecule has 0 saturated carbocycles. The summed E-state index contributed by atoms with van der Waals surface area (Å²) in [4.78, 5) is 0. The van der Waals surface area contributed by atoms with Crippen molar-refractivity contribution in [2.75, 3.05) is 25.6 Å². The van der Waals surface area contributed by atoms with Crippen molar-refractivity contribution in [1.29, 1.82) is 0 Å². The van der Waals surface area contributed by atoms with Crippen LogP contribution in [0.2, 0.25) is 0 Å². The summed E-state index contributed by atoms with van der Waals surface area (Å²) in [6, 6.07) is 15.5. The lowest BCUT2D eigenvalue weighted by molar-refractivity contribution is 0.174. The maximum Gasteiger partial charge on any atom is 0.236 e. The highest BCUT2D eigenvalue weighted by Crippen LogP contribution is 2.40. The lowest BCUT2D eigenvalue weighted by atomic mass is 10.1. The quantitative estimate of drug-likeness (QED) is 0.775. The molecule has 2 aliphatic heterocycles. The normalized spacial score (nSPS) is 20.7. The van der Waals surface area contributed by atoms with E-state index >= 15 is 0 Å². The molecule has 0 amide bonds. The van der Waals surface area contributed by atoms with Crippen LogP contribution in [0, 0.1) is 0 Å². The molecule has 7 heteroatoms. The smallest absolute Gasteiger partial charge is 0.236 e. The van der Waals surface area contributed by atoms with E-state index in [9.17, 15) is 8.42 Å². The van der Waals surface area contributed by atoms with Gasteiger partial charge in [-0.2, -0.15) is 16.1 Å². The number of nitrogens with zero attached hydrogens (tertiary/aromatic N) is 1. The average molecular weight is 404 g/mol. The summed E-state index contributed by atoms with van der Waals surface area (Å²) in [7, 11) is -3.43. The Morgan fingerprint density at radius 3 is 2.70 bits per heavy atom. The van der Waals surface area contributed by atoms with Gasteiger partial charge in [0, 0.05) is 29.5 Å². The molecule has 2 aromatic carbocycles. The Morgan fingerprint density at radius 2 is 1.85 bits per heavy atom. The van der Waals surface area contributed by atoms with E-state index in [4.69, 9.17) is 9.47 Å². The highest BCUT2D eigenvalue weighted by molar-refractivity contribution is 7.99. The molecule has 0 aromatic heterocycles. The molecule has 2 heterocycles. The van der Waals surface area contributed by atoms with E-state index in [0.29, 0.717) is 13.1 Å². The van der Waals surface area contributed by atoms with Gasteiger partial charge in [-0.25, -0.2) is 8.42 Å². The van der Waals surface area contributed by atoms with Gasteiger partial charge in [-0.15, -0.1) is 0 Å². The Kier molecular flexibility index (Phi) is 5.43. The molecule has 0 bridgehead atoms. The third kappa shape index (κ3) is 4.31. The molecular weight excluding hydrogens is 382 g/mol. The van der Waals surface area contributed by atoms with E-state index in [-0.39, 0.29) is 12.0 Å². The van der Waals surface area contributed by atoms with Crippen molar-refractivity contribution in [3.8, 4) is 11.5 Å². The Hall–Kier alpha value is -1.96. The van der Waals surface area contributed by atoms with Gasteiger partial charge in [-0.1, -0.05) is 36.4 Å². The zero-order valence-electron chi connectivity index (χ0n) is 14.8. The maximum absolute atomic E-state index is 12.7. The summed E-state index contributed by atoms with van der Waals surface area (Å²) in [5.74, 6) is 2.30. The van der Waals surface area contributed by atoms with E-state index in [1.54, 1.807) is 22.1 Å². The monoisotopic (exact) mass is 403 g/mol. The number of hydrogen-bond donors (Lipinski definition) is 0. The summed E-state index contributed by atoms with van der Waals surface area (Å²) in [6.07, 6.45) is 2.42. The lowest BCUT2D eigenvalue weighted by Gasteiger charge is -2.18. The van der Waals surface area contributed by atoms with Crippen LogP contribution >= 0.6 is 11.8 Å². The van der Waals surface area contributed by atoms with Gasteiger partial charge in [0.1, 0.15) is 0 Å². The summed E-state index contributed by atoms with van der Waals surface area (Å²) < 4.78 is 37.8. The summed E-state index contributed by atoms with van der Waals surface area (Å²) in [6.45, 7) is 1.29. The van der Waals surface area contributed by atoms with E-state index in [0.717, 1.165) is 34.8 Å². The van der Waals surface area contributed by atoms with E-state index in [1.165, 1.54) is 5.41 Å². The molecule has 5 nitrogen and oxygen atoms in total. The van der Waals surface area contributed by atoms with Crippen molar-refractivity contribution in [1.82, 2.24) is 4.31 Å². The number of sulfonamides is 1.